The van der Waals surface area contributed by atoms with Crippen LogP contribution in [0.5, 0.6) is 5.75 Å². The number of esters is 1. The molecule has 2 aliphatic rings. The highest BCUT2D eigenvalue weighted by molar-refractivity contribution is 9.10. The van der Waals surface area contributed by atoms with Crippen molar-refractivity contribution in [3.8, 4) is 5.75 Å². The monoisotopic (exact) mass is 556 g/mol. The van der Waals surface area contributed by atoms with Gasteiger partial charge in [-0.2, -0.15) is 0 Å². The van der Waals surface area contributed by atoms with E-state index in [-0.39, 0.29) is 11.6 Å². The zero-order valence-corrected chi connectivity index (χ0v) is 21.8. The summed E-state index contributed by atoms with van der Waals surface area (Å²) in [6, 6.07) is 23.5. The van der Waals surface area contributed by atoms with Crippen LogP contribution in [0.4, 0.5) is 0 Å². The topological polar surface area (TPSA) is 60.7 Å². The number of carbonyl (C=O) groups is 1. The zero-order chi connectivity index (χ0) is 24.8. The van der Waals surface area contributed by atoms with E-state index >= 15 is 0 Å². The number of allylic oxidation sites excluding steroid dienone is 1. The molecule has 0 radical (unpaired) electrons. The average Bonchev–Trinajstić information content (AvgIpc) is 3.18. The Morgan fingerprint density at radius 3 is 2.61 bits per heavy atom. The molecule has 4 aromatic rings. The molecule has 0 spiro atoms. The molecule has 0 fully saturated rings. The first-order chi connectivity index (χ1) is 17.5. The summed E-state index contributed by atoms with van der Waals surface area (Å²) in [7, 11) is 0. The van der Waals surface area contributed by atoms with Gasteiger partial charge in [0.15, 0.2) is 4.80 Å². The third-order valence-electron chi connectivity index (χ3n) is 6.52. The molecule has 1 aliphatic carbocycles. The Bertz CT molecular complexity index is 1730. The number of thiazole rings is 1. The van der Waals surface area contributed by atoms with Crippen LogP contribution in [-0.2, 0) is 11.2 Å². The maximum absolute atomic E-state index is 13.9. The highest BCUT2D eigenvalue weighted by Crippen LogP contribution is 2.41. The van der Waals surface area contributed by atoms with Crippen molar-refractivity contribution in [2.24, 2.45) is 4.99 Å². The number of ether oxygens (including phenoxy) is 1. The van der Waals surface area contributed by atoms with Crippen LogP contribution in [0.25, 0.3) is 11.8 Å². The number of rotatable bonds is 3. The molecule has 6 rings (SSSR count). The van der Waals surface area contributed by atoms with Crippen LogP contribution in [-0.4, -0.2) is 10.5 Å². The molecule has 0 bridgehead atoms. The fourth-order valence-corrected chi connectivity index (χ4v) is 6.21. The minimum atomic E-state index is -0.404. The fraction of sp³-hybridized carbons (Fsp3) is 0.138. The molecule has 0 saturated carbocycles. The summed E-state index contributed by atoms with van der Waals surface area (Å²) < 4.78 is 8.72. The average molecular weight is 557 g/mol. The Morgan fingerprint density at radius 2 is 1.81 bits per heavy atom. The van der Waals surface area contributed by atoms with Gasteiger partial charge in [0.1, 0.15) is 5.75 Å². The van der Waals surface area contributed by atoms with Crippen LogP contribution in [0, 0.1) is 0 Å². The minimum absolute atomic E-state index is 0.102. The second-order valence-corrected chi connectivity index (χ2v) is 10.7. The Hall–Kier alpha value is -3.55. The van der Waals surface area contributed by atoms with Gasteiger partial charge in [-0.1, -0.05) is 81.9 Å². The molecular formula is C29H21BrN2O3S. The lowest BCUT2D eigenvalue weighted by molar-refractivity contribution is -0.131. The van der Waals surface area contributed by atoms with Gasteiger partial charge in [-0.05, 0) is 53.8 Å². The van der Waals surface area contributed by atoms with Crippen molar-refractivity contribution < 1.29 is 9.53 Å². The highest BCUT2D eigenvalue weighted by atomic mass is 79.9. The summed E-state index contributed by atoms with van der Waals surface area (Å²) >= 11 is 4.89. The number of hydrogen-bond acceptors (Lipinski definition) is 5. The first-order valence-electron chi connectivity index (χ1n) is 11.7. The van der Waals surface area contributed by atoms with Gasteiger partial charge in [-0.15, -0.1) is 0 Å². The molecule has 178 valence electrons. The summed E-state index contributed by atoms with van der Waals surface area (Å²) in [6.07, 6.45) is 3.55. The number of aromatic nitrogens is 1. The van der Waals surface area contributed by atoms with E-state index in [0.717, 1.165) is 39.7 Å². The van der Waals surface area contributed by atoms with Gasteiger partial charge >= 0.3 is 5.97 Å². The molecule has 1 aromatic heterocycles. The lowest BCUT2D eigenvalue weighted by atomic mass is 9.83. The van der Waals surface area contributed by atoms with E-state index in [1.54, 1.807) is 18.2 Å². The van der Waals surface area contributed by atoms with E-state index in [4.69, 9.17) is 9.73 Å². The smallest absolute Gasteiger partial charge is 0.308 e. The number of halogens is 1. The van der Waals surface area contributed by atoms with Gasteiger partial charge < -0.3 is 4.74 Å². The Labute approximate surface area is 219 Å². The molecule has 0 amide bonds. The SMILES string of the molecule is CC(=O)Oc1ccccc1/C=c1/sc2n(c1=O)[C@@H](c1ccc(Br)cc1)C1=C(N=2)c2ccccc2CC1. The Balaban J connectivity index is 1.60. The molecular weight excluding hydrogens is 536 g/mol. The molecule has 3 aromatic carbocycles. The Kier molecular flexibility index (Phi) is 5.82. The summed E-state index contributed by atoms with van der Waals surface area (Å²) in [4.78, 5) is 31.2. The molecule has 0 unspecified atom stereocenters. The molecule has 1 aliphatic heterocycles. The van der Waals surface area contributed by atoms with E-state index in [0.29, 0.717) is 20.6 Å². The lowest BCUT2D eigenvalue weighted by Gasteiger charge is -2.30. The summed E-state index contributed by atoms with van der Waals surface area (Å²) in [6.45, 7) is 1.37. The first kappa shape index (κ1) is 22.9. The normalized spacial score (nSPS) is 16.6. The van der Waals surface area contributed by atoms with Crippen molar-refractivity contribution in [3.63, 3.8) is 0 Å². The fourth-order valence-electron chi connectivity index (χ4n) is 4.96. The predicted molar refractivity (Wildman–Crippen MR) is 145 cm³/mol. The number of carbonyl (C=O) groups excluding carboxylic acids is 1. The second kappa shape index (κ2) is 9.15. The van der Waals surface area contributed by atoms with E-state index in [1.807, 2.05) is 34.9 Å². The quantitative estimate of drug-likeness (QED) is 0.263. The van der Waals surface area contributed by atoms with E-state index in [2.05, 4.69) is 46.3 Å². The van der Waals surface area contributed by atoms with E-state index < -0.39 is 5.97 Å². The third-order valence-corrected chi connectivity index (χ3v) is 8.03. The van der Waals surface area contributed by atoms with Gasteiger partial charge in [-0.25, -0.2) is 4.99 Å². The van der Waals surface area contributed by atoms with Gasteiger partial charge in [0, 0.05) is 22.5 Å². The molecule has 5 nitrogen and oxygen atoms in total. The highest BCUT2D eigenvalue weighted by Gasteiger charge is 2.32. The number of fused-ring (bicyclic) bond motifs is 3. The van der Waals surface area contributed by atoms with Crippen molar-refractivity contribution >= 4 is 45.0 Å². The van der Waals surface area contributed by atoms with Crippen LogP contribution in [0.1, 0.15) is 41.6 Å². The van der Waals surface area contributed by atoms with E-state index in [1.165, 1.54) is 23.8 Å². The van der Waals surface area contributed by atoms with Crippen LogP contribution >= 0.6 is 27.3 Å². The van der Waals surface area contributed by atoms with Crippen LogP contribution in [0.3, 0.4) is 0 Å². The van der Waals surface area contributed by atoms with E-state index in [9.17, 15) is 9.59 Å². The summed E-state index contributed by atoms with van der Waals surface area (Å²) in [5.74, 6) is 0.0207. The minimum Gasteiger partial charge on any atom is -0.426 e. The number of benzene rings is 3. The van der Waals surface area contributed by atoms with Gasteiger partial charge in [0.05, 0.1) is 16.3 Å². The third kappa shape index (κ3) is 3.98. The largest absolute Gasteiger partial charge is 0.426 e. The van der Waals surface area contributed by atoms with Crippen LogP contribution in [0.15, 0.2) is 92.6 Å². The molecule has 0 saturated heterocycles. The lowest BCUT2D eigenvalue weighted by Crippen LogP contribution is -2.38. The maximum Gasteiger partial charge on any atom is 0.308 e. The molecule has 1 atom stereocenters. The number of aryl methyl sites for hydroxylation is 1. The van der Waals surface area contributed by atoms with Crippen molar-refractivity contribution in [1.82, 2.24) is 4.57 Å². The van der Waals surface area contributed by atoms with Gasteiger partial charge in [0.25, 0.3) is 5.56 Å². The van der Waals surface area contributed by atoms with Gasteiger partial charge in [0.2, 0.25) is 0 Å². The zero-order valence-electron chi connectivity index (χ0n) is 19.4. The van der Waals surface area contributed by atoms with Gasteiger partial charge in [-0.3, -0.25) is 14.2 Å². The number of para-hydroxylation sites is 1. The summed E-state index contributed by atoms with van der Waals surface area (Å²) in [5.41, 5.74) is 6.17. The van der Waals surface area contributed by atoms with Crippen molar-refractivity contribution in [2.75, 3.05) is 0 Å². The maximum atomic E-state index is 13.9. The predicted octanol–water partition coefficient (Wildman–Crippen LogP) is 5.01. The summed E-state index contributed by atoms with van der Waals surface area (Å²) in [5, 5.41) is 0. The van der Waals surface area contributed by atoms with Crippen molar-refractivity contribution in [3.05, 3.63) is 125 Å². The van der Waals surface area contributed by atoms with Crippen molar-refractivity contribution in [2.45, 2.75) is 25.8 Å². The second-order valence-electron chi connectivity index (χ2n) is 8.80. The Morgan fingerprint density at radius 1 is 1.06 bits per heavy atom. The first-order valence-corrected chi connectivity index (χ1v) is 13.3. The molecule has 0 N–H and O–H groups in total. The number of hydrogen-bond donors (Lipinski definition) is 0. The molecule has 36 heavy (non-hydrogen) atoms. The standard InChI is InChI=1S/C29H21BrN2O3S/c1-17(33)35-24-9-5-3-7-20(24)16-25-28(34)32-27(19-10-13-21(30)14-11-19)23-15-12-18-6-2-4-8-22(18)26(23)31-29(32)36-25/h2-11,13-14,16,27H,12,15H2,1H3/b25-16+/t27-/m0/s1. The molecule has 2 heterocycles. The van der Waals surface area contributed by atoms with Crippen molar-refractivity contribution in [1.29, 1.82) is 0 Å². The van der Waals surface area contributed by atoms with Crippen LogP contribution in [0.2, 0.25) is 0 Å². The van der Waals surface area contributed by atoms with Crippen LogP contribution < -0.4 is 19.6 Å². The number of nitrogens with zero attached hydrogens (tertiary/aromatic N) is 2. The molecule has 7 heteroatoms.